The number of amides is 6. The van der Waals surface area contributed by atoms with Crippen LogP contribution in [0.3, 0.4) is 0 Å². The first-order valence-corrected chi connectivity index (χ1v) is 17.1. The Hall–Kier alpha value is -5.14. The molecule has 2 heterocycles. The summed E-state index contributed by atoms with van der Waals surface area (Å²) in [6.45, 7) is 3.90. The minimum absolute atomic E-state index is 0.117. The van der Waals surface area contributed by atoms with Crippen molar-refractivity contribution in [1.82, 2.24) is 31.9 Å². The fourth-order valence-corrected chi connectivity index (χ4v) is 5.80. The monoisotopic (exact) mass is 692 g/mol. The van der Waals surface area contributed by atoms with E-state index in [1.807, 2.05) is 50.2 Å². The van der Waals surface area contributed by atoms with Crippen molar-refractivity contribution in [3.63, 3.8) is 0 Å². The first-order chi connectivity index (χ1) is 24.0. The number of hydrogen-bond acceptors (Lipinski definition) is 8. The highest BCUT2D eigenvalue weighted by Crippen LogP contribution is 2.28. The molecule has 6 N–H and O–H groups in total. The molecule has 2 aliphatic heterocycles. The van der Waals surface area contributed by atoms with Gasteiger partial charge in [0.05, 0.1) is 7.11 Å². The lowest BCUT2D eigenvalue weighted by molar-refractivity contribution is -0.134. The van der Waals surface area contributed by atoms with Crippen molar-refractivity contribution in [2.45, 2.75) is 83.0 Å². The van der Waals surface area contributed by atoms with E-state index in [0.29, 0.717) is 43.7 Å². The Kier molecular flexibility index (Phi) is 14.0. The summed E-state index contributed by atoms with van der Waals surface area (Å²) in [5, 5.41) is 16.7. The predicted octanol–water partition coefficient (Wildman–Crippen LogP) is 0.665. The van der Waals surface area contributed by atoms with Crippen LogP contribution in [0.25, 0.3) is 0 Å². The number of hydrogen-bond donors (Lipinski definition) is 6. The van der Waals surface area contributed by atoms with Crippen LogP contribution in [0, 0.1) is 5.92 Å². The number of carbonyl (C=O) groups excluding carboxylic acids is 6. The van der Waals surface area contributed by atoms with Gasteiger partial charge in [-0.05, 0) is 61.3 Å². The van der Waals surface area contributed by atoms with Crippen molar-refractivity contribution in [2.75, 3.05) is 26.8 Å². The van der Waals surface area contributed by atoms with Gasteiger partial charge in [-0.25, -0.2) is 0 Å². The third kappa shape index (κ3) is 11.2. The number of ether oxygens (including phenoxy) is 2. The molecule has 14 nitrogen and oxygen atoms in total. The zero-order valence-corrected chi connectivity index (χ0v) is 28.8. The smallest absolute Gasteiger partial charge is 0.257 e. The Morgan fingerprint density at radius 2 is 1.62 bits per heavy atom. The maximum absolute atomic E-state index is 13.8. The van der Waals surface area contributed by atoms with Gasteiger partial charge in [-0.3, -0.25) is 28.8 Å². The van der Waals surface area contributed by atoms with Gasteiger partial charge >= 0.3 is 0 Å². The number of fused-ring (bicyclic) bond motifs is 2. The number of aryl methyl sites for hydroxylation is 1. The average Bonchev–Trinajstić information content (AvgIpc) is 3.55. The molecule has 2 aromatic rings. The van der Waals surface area contributed by atoms with E-state index in [2.05, 4.69) is 31.9 Å². The van der Waals surface area contributed by atoms with E-state index < -0.39 is 41.9 Å². The number of carbonyl (C=O) groups is 6. The zero-order valence-electron chi connectivity index (χ0n) is 28.8. The van der Waals surface area contributed by atoms with E-state index in [9.17, 15) is 28.8 Å². The molecule has 50 heavy (non-hydrogen) atoms. The topological polar surface area (TPSA) is 193 Å². The fraction of sp³-hybridized carbons (Fsp3) is 0.500. The quantitative estimate of drug-likeness (QED) is 0.254. The maximum atomic E-state index is 13.8. The first kappa shape index (κ1) is 37.7. The third-order valence-electron chi connectivity index (χ3n) is 8.63. The second-order valence-corrected chi connectivity index (χ2v) is 12.9. The van der Waals surface area contributed by atoms with Gasteiger partial charge in [-0.1, -0.05) is 50.2 Å². The summed E-state index contributed by atoms with van der Waals surface area (Å²) < 4.78 is 11.2. The zero-order chi connectivity index (χ0) is 36.0. The van der Waals surface area contributed by atoms with Crippen molar-refractivity contribution in [1.29, 1.82) is 0 Å². The molecule has 2 aliphatic rings. The molecule has 2 aromatic carbocycles. The van der Waals surface area contributed by atoms with Gasteiger partial charge in [0, 0.05) is 25.9 Å². The van der Waals surface area contributed by atoms with Gasteiger partial charge in [0.1, 0.15) is 24.2 Å². The van der Waals surface area contributed by atoms with Crippen molar-refractivity contribution in [3.8, 4) is 11.5 Å². The predicted molar refractivity (Wildman–Crippen MR) is 184 cm³/mol. The highest BCUT2D eigenvalue weighted by molar-refractivity contribution is 5.96. The SMILES string of the molecule is COc1ccc2cc1OCC(=O)NCCC[C@H](NC(=O)[C@H]1CCC(=O)N1)C(=O)N[C@@H](Cc1ccccc1)C(=O)N[C@H](C(C)C)C(=O)NCCC2. The molecule has 0 saturated carbocycles. The van der Waals surface area contributed by atoms with Gasteiger partial charge in [0.15, 0.2) is 18.1 Å². The van der Waals surface area contributed by atoms with E-state index in [-0.39, 0.29) is 56.1 Å². The first-order valence-electron chi connectivity index (χ1n) is 17.1. The molecule has 0 spiro atoms. The summed E-state index contributed by atoms with van der Waals surface area (Å²) >= 11 is 0. The summed E-state index contributed by atoms with van der Waals surface area (Å²) in [6, 6.07) is 10.7. The van der Waals surface area contributed by atoms with Gasteiger partial charge in [-0.2, -0.15) is 0 Å². The molecule has 6 amide bonds. The van der Waals surface area contributed by atoms with Crippen LogP contribution in [-0.2, 0) is 41.6 Å². The van der Waals surface area contributed by atoms with E-state index in [1.54, 1.807) is 12.1 Å². The Morgan fingerprint density at radius 1 is 0.860 bits per heavy atom. The molecule has 0 unspecified atom stereocenters. The van der Waals surface area contributed by atoms with Crippen LogP contribution in [0.1, 0.15) is 57.1 Å². The summed E-state index contributed by atoms with van der Waals surface area (Å²) in [6.07, 6.45) is 2.24. The van der Waals surface area contributed by atoms with Crippen LogP contribution >= 0.6 is 0 Å². The Balaban J connectivity index is 1.58. The molecular weight excluding hydrogens is 644 g/mol. The molecule has 1 saturated heterocycles. The minimum Gasteiger partial charge on any atom is -0.493 e. The Bertz CT molecular complexity index is 1520. The number of methoxy groups -OCH3 is 1. The van der Waals surface area contributed by atoms with Crippen LogP contribution in [0.15, 0.2) is 48.5 Å². The minimum atomic E-state index is -1.09. The van der Waals surface area contributed by atoms with Crippen LogP contribution in [0.4, 0.5) is 0 Å². The van der Waals surface area contributed by atoms with Crippen molar-refractivity contribution in [3.05, 3.63) is 59.7 Å². The van der Waals surface area contributed by atoms with Crippen molar-refractivity contribution < 1.29 is 38.2 Å². The largest absolute Gasteiger partial charge is 0.493 e. The van der Waals surface area contributed by atoms with Crippen LogP contribution in [0.2, 0.25) is 0 Å². The summed E-state index contributed by atoms with van der Waals surface area (Å²) in [7, 11) is 1.51. The molecule has 4 atom stereocenters. The molecule has 4 rings (SSSR count). The van der Waals surface area contributed by atoms with E-state index in [0.717, 1.165) is 11.1 Å². The lowest BCUT2D eigenvalue weighted by Gasteiger charge is -2.27. The van der Waals surface area contributed by atoms with Gasteiger partial charge in [0.25, 0.3) is 5.91 Å². The maximum Gasteiger partial charge on any atom is 0.257 e. The molecule has 2 bridgehead atoms. The number of nitrogens with one attached hydrogen (secondary N) is 6. The molecule has 1 fully saturated rings. The van der Waals surface area contributed by atoms with Crippen molar-refractivity contribution >= 4 is 35.4 Å². The van der Waals surface area contributed by atoms with Crippen LogP contribution in [-0.4, -0.2) is 86.4 Å². The standard InChI is InChI=1S/C36H48N6O8/c1-22(2)32-36(48)38-18-7-11-24-13-15-28(49-3)29(20-24)50-21-31(44)37-17-8-12-25(40-34(46)26-14-16-30(43)39-26)33(45)41-27(35(47)42-32)19-23-9-5-4-6-10-23/h4-6,9-10,13,15,20,22,25-27,32H,7-8,11-12,14,16-19,21H2,1-3H3,(H,37,44)(H,38,48)(H,39,43)(H,40,46)(H,41,45)(H,42,47)/t25-,26+,27-,32+/m0/s1. The van der Waals surface area contributed by atoms with E-state index >= 15 is 0 Å². The Morgan fingerprint density at radius 3 is 2.32 bits per heavy atom. The number of rotatable bonds is 6. The van der Waals surface area contributed by atoms with Gasteiger partial charge < -0.3 is 41.4 Å². The summed E-state index contributed by atoms with van der Waals surface area (Å²) in [5.41, 5.74) is 1.71. The van der Waals surface area contributed by atoms with Crippen LogP contribution < -0.4 is 41.4 Å². The van der Waals surface area contributed by atoms with Crippen molar-refractivity contribution in [2.24, 2.45) is 5.92 Å². The fourth-order valence-electron chi connectivity index (χ4n) is 5.80. The molecule has 270 valence electrons. The molecule has 14 heteroatoms. The average molecular weight is 693 g/mol. The molecular formula is C36H48N6O8. The van der Waals surface area contributed by atoms with Gasteiger partial charge in [0.2, 0.25) is 29.5 Å². The highest BCUT2D eigenvalue weighted by Gasteiger charge is 2.33. The lowest BCUT2D eigenvalue weighted by atomic mass is 10.00. The second-order valence-electron chi connectivity index (χ2n) is 12.9. The Labute approximate surface area is 292 Å². The second kappa shape index (κ2) is 18.6. The van der Waals surface area contributed by atoms with E-state index in [1.165, 1.54) is 7.11 Å². The molecule has 0 aliphatic carbocycles. The van der Waals surface area contributed by atoms with E-state index in [4.69, 9.17) is 9.47 Å². The number of benzene rings is 2. The summed E-state index contributed by atoms with van der Waals surface area (Å²) in [5.74, 6) is -2.08. The summed E-state index contributed by atoms with van der Waals surface area (Å²) in [4.78, 5) is 78.5. The normalized spacial score (nSPS) is 23.1. The van der Waals surface area contributed by atoms with Gasteiger partial charge in [-0.15, -0.1) is 0 Å². The van der Waals surface area contributed by atoms with Crippen LogP contribution in [0.5, 0.6) is 11.5 Å². The highest BCUT2D eigenvalue weighted by atomic mass is 16.5. The third-order valence-corrected chi connectivity index (χ3v) is 8.63. The molecule has 0 aromatic heterocycles. The lowest BCUT2D eigenvalue weighted by Crippen LogP contribution is -2.59. The molecule has 0 radical (unpaired) electrons.